The lowest BCUT2D eigenvalue weighted by Gasteiger charge is -2.11. The predicted molar refractivity (Wildman–Crippen MR) is 71.7 cm³/mol. The first-order valence-electron chi connectivity index (χ1n) is 5.78. The molecule has 2 rings (SSSR count). The van der Waals surface area contributed by atoms with Gasteiger partial charge in [-0.1, -0.05) is 26.0 Å². The second-order valence-corrected chi connectivity index (χ2v) is 5.37. The number of rotatable bonds is 4. The van der Waals surface area contributed by atoms with Gasteiger partial charge < -0.3 is 4.74 Å². The van der Waals surface area contributed by atoms with Gasteiger partial charge in [-0.15, -0.1) is 11.3 Å². The van der Waals surface area contributed by atoms with Crippen LogP contribution in [0.3, 0.4) is 0 Å². The number of hydrogen-bond acceptors (Lipinski definition) is 3. The van der Waals surface area contributed by atoms with Crippen molar-refractivity contribution in [3.05, 3.63) is 45.9 Å². The molecule has 0 atom stereocenters. The molecule has 0 amide bonds. The minimum atomic E-state index is 0.555. The van der Waals surface area contributed by atoms with Gasteiger partial charge in [0, 0.05) is 11.6 Å². The Morgan fingerprint density at radius 1 is 1.35 bits per heavy atom. The number of thiazole rings is 1. The summed E-state index contributed by atoms with van der Waals surface area (Å²) in [4.78, 5) is 4.20. The summed E-state index contributed by atoms with van der Waals surface area (Å²) >= 11 is 1.62. The van der Waals surface area contributed by atoms with Crippen molar-refractivity contribution in [3.8, 4) is 5.75 Å². The van der Waals surface area contributed by atoms with Crippen LogP contribution in [-0.2, 0) is 6.61 Å². The van der Waals surface area contributed by atoms with Crippen LogP contribution in [0.15, 0.2) is 29.8 Å². The van der Waals surface area contributed by atoms with Crippen LogP contribution in [-0.4, -0.2) is 4.98 Å². The Morgan fingerprint density at radius 2 is 2.18 bits per heavy atom. The van der Waals surface area contributed by atoms with Gasteiger partial charge in [-0.05, 0) is 30.0 Å². The lowest BCUT2D eigenvalue weighted by Crippen LogP contribution is -1.97. The minimum absolute atomic E-state index is 0.555. The van der Waals surface area contributed by atoms with E-state index < -0.39 is 0 Å². The summed E-state index contributed by atoms with van der Waals surface area (Å²) in [5.74, 6) is 1.51. The van der Waals surface area contributed by atoms with E-state index in [1.54, 1.807) is 17.5 Å². The molecule has 1 aromatic heterocycles. The van der Waals surface area contributed by atoms with E-state index in [1.165, 1.54) is 11.1 Å². The Balaban J connectivity index is 2.06. The molecule has 2 aromatic rings. The summed E-state index contributed by atoms with van der Waals surface area (Å²) in [6, 6.07) is 6.38. The fourth-order valence-corrected chi connectivity index (χ4v) is 2.18. The minimum Gasteiger partial charge on any atom is -0.486 e. The van der Waals surface area contributed by atoms with E-state index in [0.717, 1.165) is 10.8 Å². The van der Waals surface area contributed by atoms with E-state index in [-0.39, 0.29) is 0 Å². The van der Waals surface area contributed by atoms with Gasteiger partial charge in [0.25, 0.3) is 0 Å². The summed E-state index contributed by atoms with van der Waals surface area (Å²) in [6.07, 6.45) is 1.80. The molecule has 0 saturated heterocycles. The second-order valence-electron chi connectivity index (χ2n) is 4.39. The average Bonchev–Trinajstić information content (AvgIpc) is 2.80. The molecule has 0 bridgehead atoms. The van der Waals surface area contributed by atoms with Gasteiger partial charge in [0.05, 0.1) is 0 Å². The van der Waals surface area contributed by atoms with E-state index in [0.29, 0.717) is 12.5 Å². The zero-order chi connectivity index (χ0) is 12.3. The van der Waals surface area contributed by atoms with Crippen molar-refractivity contribution in [3.63, 3.8) is 0 Å². The maximum absolute atomic E-state index is 5.76. The maximum Gasteiger partial charge on any atom is 0.140 e. The first kappa shape index (κ1) is 12.1. The predicted octanol–water partition coefficient (Wildman–Crippen LogP) is 4.15. The molecular formula is C14H17NOS. The van der Waals surface area contributed by atoms with E-state index in [2.05, 4.69) is 44.0 Å². The van der Waals surface area contributed by atoms with Gasteiger partial charge >= 0.3 is 0 Å². The Hall–Kier alpha value is -1.35. The largest absolute Gasteiger partial charge is 0.486 e. The Bertz CT molecular complexity index is 477. The molecular weight excluding hydrogens is 230 g/mol. The molecule has 17 heavy (non-hydrogen) atoms. The van der Waals surface area contributed by atoms with Gasteiger partial charge in [0.1, 0.15) is 17.4 Å². The number of nitrogens with zero attached hydrogens (tertiary/aromatic N) is 1. The lowest BCUT2D eigenvalue weighted by atomic mass is 10.0. The first-order chi connectivity index (χ1) is 8.16. The molecule has 0 fully saturated rings. The van der Waals surface area contributed by atoms with Crippen LogP contribution in [0.5, 0.6) is 5.75 Å². The van der Waals surface area contributed by atoms with Crippen molar-refractivity contribution in [1.29, 1.82) is 0 Å². The summed E-state index contributed by atoms with van der Waals surface area (Å²) < 4.78 is 5.76. The SMILES string of the molecule is Cc1cc(C(C)C)ccc1OCc1nccs1. The van der Waals surface area contributed by atoms with Crippen LogP contribution >= 0.6 is 11.3 Å². The molecule has 2 nitrogen and oxygen atoms in total. The van der Waals surface area contributed by atoms with Gasteiger partial charge in [-0.2, -0.15) is 0 Å². The molecule has 0 saturated carbocycles. The molecule has 3 heteroatoms. The highest BCUT2D eigenvalue weighted by atomic mass is 32.1. The molecule has 90 valence electrons. The summed E-state index contributed by atoms with van der Waals surface area (Å²) in [5, 5.41) is 2.98. The van der Waals surface area contributed by atoms with Gasteiger partial charge in [0.2, 0.25) is 0 Å². The normalized spacial score (nSPS) is 10.8. The number of aromatic nitrogens is 1. The fourth-order valence-electron chi connectivity index (χ4n) is 1.66. The van der Waals surface area contributed by atoms with Crippen LogP contribution in [0.25, 0.3) is 0 Å². The van der Waals surface area contributed by atoms with Crippen molar-refractivity contribution >= 4 is 11.3 Å². The van der Waals surface area contributed by atoms with Gasteiger partial charge in [0.15, 0.2) is 0 Å². The van der Waals surface area contributed by atoms with E-state index >= 15 is 0 Å². The monoisotopic (exact) mass is 247 g/mol. The van der Waals surface area contributed by atoms with Crippen LogP contribution in [0.4, 0.5) is 0 Å². The van der Waals surface area contributed by atoms with Gasteiger partial charge in [-0.25, -0.2) is 4.98 Å². The third-order valence-corrected chi connectivity index (χ3v) is 3.45. The molecule has 0 aliphatic rings. The third-order valence-electron chi connectivity index (χ3n) is 2.70. The number of hydrogen-bond donors (Lipinski definition) is 0. The van der Waals surface area contributed by atoms with E-state index in [4.69, 9.17) is 4.74 Å². The standard InChI is InChI=1S/C14H17NOS/c1-10(2)12-4-5-13(11(3)8-12)16-9-14-15-6-7-17-14/h4-8,10H,9H2,1-3H3. The maximum atomic E-state index is 5.76. The molecule has 0 spiro atoms. The first-order valence-corrected chi connectivity index (χ1v) is 6.66. The van der Waals surface area contributed by atoms with E-state index in [1.807, 2.05) is 5.38 Å². The van der Waals surface area contributed by atoms with Crippen LogP contribution in [0, 0.1) is 6.92 Å². The highest BCUT2D eigenvalue weighted by molar-refractivity contribution is 7.09. The quantitative estimate of drug-likeness (QED) is 0.809. The van der Waals surface area contributed by atoms with Crippen molar-refractivity contribution < 1.29 is 4.74 Å². The van der Waals surface area contributed by atoms with Crippen molar-refractivity contribution in [2.75, 3.05) is 0 Å². The van der Waals surface area contributed by atoms with Crippen LogP contribution < -0.4 is 4.74 Å². The van der Waals surface area contributed by atoms with E-state index in [9.17, 15) is 0 Å². The molecule has 0 aliphatic heterocycles. The smallest absolute Gasteiger partial charge is 0.140 e. The van der Waals surface area contributed by atoms with Crippen LogP contribution in [0.2, 0.25) is 0 Å². The zero-order valence-corrected chi connectivity index (χ0v) is 11.3. The zero-order valence-electron chi connectivity index (χ0n) is 10.4. The average molecular weight is 247 g/mol. The Kier molecular flexibility index (Phi) is 3.79. The Labute approximate surface area is 106 Å². The molecule has 0 unspecified atom stereocenters. The number of benzene rings is 1. The Morgan fingerprint density at radius 3 is 2.76 bits per heavy atom. The molecule has 0 radical (unpaired) electrons. The fraction of sp³-hybridized carbons (Fsp3) is 0.357. The molecule has 0 N–H and O–H groups in total. The topological polar surface area (TPSA) is 22.1 Å². The highest BCUT2D eigenvalue weighted by Crippen LogP contribution is 2.24. The number of ether oxygens (including phenoxy) is 1. The van der Waals surface area contributed by atoms with Crippen LogP contribution in [0.1, 0.15) is 35.9 Å². The molecule has 0 aliphatic carbocycles. The van der Waals surface area contributed by atoms with Crippen molar-refractivity contribution in [1.82, 2.24) is 4.98 Å². The highest BCUT2D eigenvalue weighted by Gasteiger charge is 2.05. The summed E-state index contributed by atoms with van der Waals surface area (Å²) in [5.41, 5.74) is 2.54. The summed E-state index contributed by atoms with van der Waals surface area (Å²) in [7, 11) is 0. The van der Waals surface area contributed by atoms with Gasteiger partial charge in [-0.3, -0.25) is 0 Å². The molecule has 1 heterocycles. The van der Waals surface area contributed by atoms with Crippen molar-refractivity contribution in [2.24, 2.45) is 0 Å². The summed E-state index contributed by atoms with van der Waals surface area (Å²) in [6.45, 7) is 7.04. The molecule has 1 aromatic carbocycles. The second kappa shape index (κ2) is 5.32. The lowest BCUT2D eigenvalue weighted by molar-refractivity contribution is 0.303. The number of aryl methyl sites for hydroxylation is 1. The third kappa shape index (κ3) is 3.07. The van der Waals surface area contributed by atoms with Crippen molar-refractivity contribution in [2.45, 2.75) is 33.3 Å².